The molecule has 0 bridgehead atoms. The molecule has 1 N–H and O–H groups in total. The molecule has 3 aromatic heterocycles. The number of aromatic nitrogens is 4. The van der Waals surface area contributed by atoms with Gasteiger partial charge in [-0.2, -0.15) is 5.10 Å². The Bertz CT molecular complexity index is 1080. The third-order valence-corrected chi connectivity index (χ3v) is 5.77. The molecule has 1 fully saturated rings. The van der Waals surface area contributed by atoms with Crippen LogP contribution < -0.4 is 5.32 Å². The third kappa shape index (κ3) is 4.33. The van der Waals surface area contributed by atoms with Gasteiger partial charge in [-0.25, -0.2) is 9.50 Å². The van der Waals surface area contributed by atoms with E-state index < -0.39 is 0 Å². The van der Waals surface area contributed by atoms with Gasteiger partial charge in [0.1, 0.15) is 0 Å². The SMILES string of the molecule is c1ccc(CNc2ccc3nc(C4CCN(Cc5cccnc5)CC4)nn3c2)cc1. The molecule has 6 nitrogen and oxygen atoms in total. The molecule has 1 aromatic carbocycles. The zero-order valence-electron chi connectivity index (χ0n) is 17.0. The molecule has 1 saturated heterocycles. The molecule has 30 heavy (non-hydrogen) atoms. The monoisotopic (exact) mass is 398 g/mol. The predicted octanol–water partition coefficient (Wildman–Crippen LogP) is 4.12. The quantitative estimate of drug-likeness (QED) is 0.530. The summed E-state index contributed by atoms with van der Waals surface area (Å²) in [4.78, 5) is 11.5. The second kappa shape index (κ2) is 8.63. The Labute approximate surface area is 176 Å². The van der Waals surface area contributed by atoms with Gasteiger partial charge in [0.05, 0.1) is 11.9 Å². The van der Waals surface area contributed by atoms with E-state index >= 15 is 0 Å². The minimum absolute atomic E-state index is 0.427. The molecule has 1 aliphatic rings. The van der Waals surface area contributed by atoms with E-state index in [-0.39, 0.29) is 0 Å². The second-order valence-corrected chi connectivity index (χ2v) is 7.94. The van der Waals surface area contributed by atoms with Gasteiger partial charge in [-0.05, 0) is 55.3 Å². The number of nitrogens with zero attached hydrogens (tertiary/aromatic N) is 5. The van der Waals surface area contributed by atoms with Crippen molar-refractivity contribution in [3.63, 3.8) is 0 Å². The largest absolute Gasteiger partial charge is 0.380 e. The highest BCUT2D eigenvalue weighted by Gasteiger charge is 2.24. The molecular formula is C24H26N6. The molecule has 4 heterocycles. The minimum atomic E-state index is 0.427. The lowest BCUT2D eigenvalue weighted by Gasteiger charge is -2.30. The van der Waals surface area contributed by atoms with Crippen molar-refractivity contribution in [1.82, 2.24) is 24.5 Å². The Morgan fingerprint density at radius 3 is 2.57 bits per heavy atom. The number of hydrogen-bond acceptors (Lipinski definition) is 5. The summed E-state index contributed by atoms with van der Waals surface area (Å²) in [6, 6.07) is 18.7. The summed E-state index contributed by atoms with van der Waals surface area (Å²) in [5.74, 6) is 1.40. The van der Waals surface area contributed by atoms with Crippen LogP contribution in [0.4, 0.5) is 5.69 Å². The Kier molecular flexibility index (Phi) is 5.40. The minimum Gasteiger partial charge on any atom is -0.380 e. The average molecular weight is 399 g/mol. The van der Waals surface area contributed by atoms with E-state index in [0.717, 1.165) is 56.2 Å². The molecule has 152 valence electrons. The first-order valence-electron chi connectivity index (χ1n) is 10.6. The summed E-state index contributed by atoms with van der Waals surface area (Å²) in [7, 11) is 0. The van der Waals surface area contributed by atoms with Crippen LogP contribution >= 0.6 is 0 Å². The number of likely N-dealkylation sites (tertiary alicyclic amines) is 1. The Balaban J connectivity index is 1.21. The van der Waals surface area contributed by atoms with Crippen LogP contribution in [0.5, 0.6) is 0 Å². The van der Waals surface area contributed by atoms with Gasteiger partial charge in [0.2, 0.25) is 0 Å². The molecule has 0 radical (unpaired) electrons. The van der Waals surface area contributed by atoms with Gasteiger partial charge in [-0.3, -0.25) is 9.88 Å². The highest BCUT2D eigenvalue weighted by molar-refractivity contribution is 5.49. The topological polar surface area (TPSA) is 58.4 Å². The van der Waals surface area contributed by atoms with Gasteiger partial charge >= 0.3 is 0 Å². The van der Waals surface area contributed by atoms with Crippen LogP contribution in [0, 0.1) is 0 Å². The number of nitrogens with one attached hydrogen (secondary N) is 1. The van der Waals surface area contributed by atoms with Crippen LogP contribution in [0.25, 0.3) is 5.65 Å². The van der Waals surface area contributed by atoms with E-state index in [1.807, 2.05) is 41.3 Å². The normalized spacial score (nSPS) is 15.5. The van der Waals surface area contributed by atoms with E-state index in [9.17, 15) is 0 Å². The van der Waals surface area contributed by atoms with E-state index in [1.54, 1.807) is 0 Å². The maximum atomic E-state index is 4.80. The van der Waals surface area contributed by atoms with Gasteiger partial charge in [-0.15, -0.1) is 0 Å². The average Bonchev–Trinajstić information content (AvgIpc) is 3.23. The fraction of sp³-hybridized carbons (Fsp3) is 0.292. The molecule has 0 unspecified atom stereocenters. The van der Waals surface area contributed by atoms with Crippen LogP contribution in [0.1, 0.15) is 35.7 Å². The molecule has 0 spiro atoms. The molecule has 0 atom stereocenters. The van der Waals surface area contributed by atoms with Gasteiger partial charge < -0.3 is 5.32 Å². The maximum absolute atomic E-state index is 4.80. The lowest BCUT2D eigenvalue weighted by molar-refractivity contribution is 0.201. The second-order valence-electron chi connectivity index (χ2n) is 7.94. The highest BCUT2D eigenvalue weighted by Crippen LogP contribution is 2.27. The third-order valence-electron chi connectivity index (χ3n) is 5.77. The molecular weight excluding hydrogens is 372 g/mol. The van der Waals surface area contributed by atoms with Crippen LogP contribution in [0.3, 0.4) is 0 Å². The molecule has 6 heteroatoms. The number of hydrogen-bond donors (Lipinski definition) is 1. The smallest absolute Gasteiger partial charge is 0.155 e. The summed E-state index contributed by atoms with van der Waals surface area (Å²) < 4.78 is 1.91. The number of fused-ring (bicyclic) bond motifs is 1. The van der Waals surface area contributed by atoms with Crippen molar-refractivity contribution in [2.75, 3.05) is 18.4 Å². The van der Waals surface area contributed by atoms with E-state index in [0.29, 0.717) is 5.92 Å². The fourth-order valence-corrected chi connectivity index (χ4v) is 4.08. The van der Waals surface area contributed by atoms with Crippen molar-refractivity contribution in [2.45, 2.75) is 31.8 Å². The Hall–Kier alpha value is -3.25. The van der Waals surface area contributed by atoms with Crippen molar-refractivity contribution in [3.05, 3.63) is 90.1 Å². The van der Waals surface area contributed by atoms with Crippen molar-refractivity contribution >= 4 is 11.3 Å². The first kappa shape index (κ1) is 18.8. The number of piperidine rings is 1. The summed E-state index contributed by atoms with van der Waals surface area (Å²) in [6.07, 6.45) is 8.01. The number of benzene rings is 1. The summed E-state index contributed by atoms with van der Waals surface area (Å²) in [5.41, 5.74) is 4.49. The summed E-state index contributed by atoms with van der Waals surface area (Å²) >= 11 is 0. The lowest BCUT2D eigenvalue weighted by atomic mass is 9.96. The first-order chi connectivity index (χ1) is 14.8. The molecule has 0 amide bonds. The van der Waals surface area contributed by atoms with E-state index in [1.165, 1.54) is 11.1 Å². The van der Waals surface area contributed by atoms with Crippen molar-refractivity contribution < 1.29 is 0 Å². The molecule has 5 rings (SSSR count). The molecule has 0 saturated carbocycles. The van der Waals surface area contributed by atoms with E-state index in [4.69, 9.17) is 10.1 Å². The molecule has 4 aromatic rings. The van der Waals surface area contributed by atoms with Gasteiger partial charge in [0.25, 0.3) is 0 Å². The van der Waals surface area contributed by atoms with Gasteiger partial charge in [0, 0.05) is 31.4 Å². The molecule has 0 aliphatic carbocycles. The van der Waals surface area contributed by atoms with Crippen LogP contribution in [-0.4, -0.2) is 37.6 Å². The first-order valence-corrected chi connectivity index (χ1v) is 10.6. The number of pyridine rings is 2. The highest BCUT2D eigenvalue weighted by atomic mass is 15.3. The van der Waals surface area contributed by atoms with Crippen molar-refractivity contribution in [2.24, 2.45) is 0 Å². The number of rotatable bonds is 6. The van der Waals surface area contributed by atoms with Gasteiger partial charge in [-0.1, -0.05) is 36.4 Å². The van der Waals surface area contributed by atoms with Crippen LogP contribution in [0.15, 0.2) is 73.2 Å². The van der Waals surface area contributed by atoms with Crippen LogP contribution in [0.2, 0.25) is 0 Å². The zero-order chi connectivity index (χ0) is 20.2. The zero-order valence-corrected chi connectivity index (χ0v) is 17.0. The van der Waals surface area contributed by atoms with Gasteiger partial charge in [0.15, 0.2) is 11.5 Å². The van der Waals surface area contributed by atoms with Crippen molar-refractivity contribution in [1.29, 1.82) is 0 Å². The maximum Gasteiger partial charge on any atom is 0.155 e. The summed E-state index contributed by atoms with van der Waals surface area (Å²) in [6.45, 7) is 3.90. The fourth-order valence-electron chi connectivity index (χ4n) is 4.08. The Morgan fingerprint density at radius 1 is 0.933 bits per heavy atom. The Morgan fingerprint density at radius 2 is 1.77 bits per heavy atom. The van der Waals surface area contributed by atoms with Crippen LogP contribution in [-0.2, 0) is 13.1 Å². The van der Waals surface area contributed by atoms with E-state index in [2.05, 4.69) is 51.6 Å². The number of anilines is 1. The predicted molar refractivity (Wildman–Crippen MR) is 118 cm³/mol. The molecule has 1 aliphatic heterocycles. The summed E-state index contributed by atoms with van der Waals surface area (Å²) in [5, 5.41) is 8.27. The lowest BCUT2D eigenvalue weighted by Crippen LogP contribution is -2.32. The van der Waals surface area contributed by atoms with Crippen molar-refractivity contribution in [3.8, 4) is 0 Å². The standard InChI is InChI=1S/C24H26N6/c1-2-5-19(6-3-1)16-26-22-8-9-23-27-24(28-30(23)18-22)21-10-13-29(14-11-21)17-20-7-4-12-25-15-20/h1-9,12,15,18,21,26H,10-11,13-14,16-17H2.